The number of carbonyl (C=O) groups is 3. The van der Waals surface area contributed by atoms with Gasteiger partial charge in [-0.3, -0.25) is 15.0 Å². The molecule has 2 aromatic rings. The van der Waals surface area contributed by atoms with E-state index in [9.17, 15) is 19.5 Å². The van der Waals surface area contributed by atoms with Crippen LogP contribution in [0.5, 0.6) is 0 Å². The monoisotopic (exact) mass is 540 g/mol. The predicted molar refractivity (Wildman–Crippen MR) is 147 cm³/mol. The second-order valence-corrected chi connectivity index (χ2v) is 10.5. The molecule has 2 amide bonds. The minimum absolute atomic E-state index is 0.0316. The highest BCUT2D eigenvalue weighted by molar-refractivity contribution is 5.99. The molecule has 0 aliphatic heterocycles. The minimum atomic E-state index is -1.19. The van der Waals surface area contributed by atoms with E-state index >= 15 is 0 Å². The SMILES string of the molecule is CC(C)CC(NC(=O)C1CCCCC1)c1nc(C(=O)N[C@@H](CCCNC(=N)N)C(=O)O)c(-c2ccccc2)o1. The largest absolute Gasteiger partial charge is 0.480 e. The molecule has 11 heteroatoms. The molecule has 39 heavy (non-hydrogen) atoms. The quantitative estimate of drug-likeness (QED) is 0.126. The van der Waals surface area contributed by atoms with Crippen molar-refractivity contribution in [2.75, 3.05) is 6.54 Å². The van der Waals surface area contributed by atoms with Crippen molar-refractivity contribution in [2.24, 2.45) is 17.6 Å². The smallest absolute Gasteiger partial charge is 0.326 e. The second kappa shape index (κ2) is 14.3. The first-order valence-corrected chi connectivity index (χ1v) is 13.6. The first-order valence-electron chi connectivity index (χ1n) is 13.6. The highest BCUT2D eigenvalue weighted by atomic mass is 16.4. The van der Waals surface area contributed by atoms with Gasteiger partial charge in [-0.2, -0.15) is 0 Å². The molecule has 1 aromatic carbocycles. The molecule has 2 atom stereocenters. The highest BCUT2D eigenvalue weighted by Crippen LogP contribution is 2.31. The number of benzene rings is 1. The fraction of sp³-hybridized carbons (Fsp3) is 0.536. The molecular weight excluding hydrogens is 500 g/mol. The van der Waals surface area contributed by atoms with Crippen LogP contribution in [-0.4, -0.2) is 46.4 Å². The number of aromatic nitrogens is 1. The molecular formula is C28H40N6O5. The van der Waals surface area contributed by atoms with E-state index in [1.54, 1.807) is 24.3 Å². The summed E-state index contributed by atoms with van der Waals surface area (Å²) in [5, 5.41) is 25.2. The van der Waals surface area contributed by atoms with Crippen molar-refractivity contribution in [3.05, 3.63) is 41.9 Å². The van der Waals surface area contributed by atoms with Crippen LogP contribution < -0.4 is 21.7 Å². The Balaban J connectivity index is 1.87. The van der Waals surface area contributed by atoms with Gasteiger partial charge in [0.05, 0.1) is 0 Å². The van der Waals surface area contributed by atoms with E-state index in [1.165, 1.54) is 0 Å². The lowest BCUT2D eigenvalue weighted by molar-refractivity contribution is -0.139. The van der Waals surface area contributed by atoms with Crippen molar-refractivity contribution >= 4 is 23.7 Å². The third kappa shape index (κ3) is 8.83. The van der Waals surface area contributed by atoms with Gasteiger partial charge in [0.1, 0.15) is 12.1 Å². The molecule has 1 aromatic heterocycles. The molecule has 1 fully saturated rings. The van der Waals surface area contributed by atoms with Crippen LogP contribution in [0.15, 0.2) is 34.7 Å². The molecule has 0 radical (unpaired) electrons. The maximum Gasteiger partial charge on any atom is 0.326 e. The normalized spacial score (nSPS) is 15.4. The van der Waals surface area contributed by atoms with Crippen LogP contribution in [0.25, 0.3) is 11.3 Å². The molecule has 1 aliphatic carbocycles. The number of oxazole rings is 1. The average molecular weight is 541 g/mol. The van der Waals surface area contributed by atoms with Crippen LogP contribution >= 0.6 is 0 Å². The number of nitrogens with one attached hydrogen (secondary N) is 4. The Kier molecular flexibility index (Phi) is 10.9. The van der Waals surface area contributed by atoms with Gasteiger partial charge in [0.2, 0.25) is 11.8 Å². The first kappa shape index (κ1) is 29.7. The fourth-order valence-electron chi connectivity index (χ4n) is 4.79. The third-order valence-electron chi connectivity index (χ3n) is 6.78. The Bertz CT molecular complexity index is 1130. The zero-order valence-electron chi connectivity index (χ0n) is 22.7. The van der Waals surface area contributed by atoms with Gasteiger partial charge in [-0.1, -0.05) is 63.4 Å². The van der Waals surface area contributed by atoms with Crippen LogP contribution in [0.4, 0.5) is 0 Å². The van der Waals surface area contributed by atoms with Gasteiger partial charge in [0, 0.05) is 18.0 Å². The number of hydrogen-bond acceptors (Lipinski definition) is 6. The molecule has 212 valence electrons. The van der Waals surface area contributed by atoms with Crippen molar-refractivity contribution in [3.63, 3.8) is 0 Å². The number of carbonyl (C=O) groups excluding carboxylic acids is 2. The lowest BCUT2D eigenvalue weighted by atomic mass is 9.88. The highest BCUT2D eigenvalue weighted by Gasteiger charge is 2.31. The maximum absolute atomic E-state index is 13.4. The molecule has 0 saturated heterocycles. The van der Waals surface area contributed by atoms with E-state index in [2.05, 4.69) is 20.9 Å². The Hall–Kier alpha value is -3.89. The lowest BCUT2D eigenvalue weighted by Crippen LogP contribution is -2.42. The molecule has 11 nitrogen and oxygen atoms in total. The molecule has 1 aliphatic rings. The van der Waals surface area contributed by atoms with E-state index in [0.717, 1.165) is 32.1 Å². The zero-order chi connectivity index (χ0) is 28.4. The van der Waals surface area contributed by atoms with Crippen LogP contribution in [-0.2, 0) is 9.59 Å². The molecule has 1 heterocycles. The maximum atomic E-state index is 13.4. The number of nitrogens with two attached hydrogens (primary N) is 1. The average Bonchev–Trinajstić information content (AvgIpc) is 3.36. The molecule has 3 rings (SSSR count). The summed E-state index contributed by atoms with van der Waals surface area (Å²) < 4.78 is 6.16. The fourth-order valence-corrected chi connectivity index (χ4v) is 4.79. The van der Waals surface area contributed by atoms with Crippen molar-refractivity contribution in [3.8, 4) is 11.3 Å². The van der Waals surface area contributed by atoms with E-state index in [1.807, 2.05) is 19.9 Å². The zero-order valence-corrected chi connectivity index (χ0v) is 22.7. The Morgan fingerprint density at radius 3 is 2.44 bits per heavy atom. The van der Waals surface area contributed by atoms with Gasteiger partial charge in [-0.05, 0) is 38.0 Å². The summed E-state index contributed by atoms with van der Waals surface area (Å²) >= 11 is 0. The molecule has 0 bridgehead atoms. The number of aliphatic carboxylic acids is 1. The summed E-state index contributed by atoms with van der Waals surface area (Å²) in [5.74, 6) is -1.51. The Morgan fingerprint density at radius 1 is 1.13 bits per heavy atom. The van der Waals surface area contributed by atoms with Gasteiger partial charge in [0.15, 0.2) is 17.4 Å². The Labute approximate surface area is 228 Å². The summed E-state index contributed by atoms with van der Waals surface area (Å²) in [4.78, 5) is 42.9. The van der Waals surface area contributed by atoms with Crippen LogP contribution in [0.1, 0.15) is 87.6 Å². The molecule has 1 saturated carbocycles. The standard InChI is InChI=1S/C28H40N6O5/c1-17(2)16-21(33-24(35)19-12-7-4-8-13-19)26-34-22(23(39-26)18-10-5-3-6-11-18)25(36)32-20(27(37)38)14-9-15-31-28(29)30/h3,5-6,10-11,17,19-21H,4,7-9,12-16H2,1-2H3,(H,32,36)(H,33,35)(H,37,38)(H4,29,30,31)/t20-,21?/m0/s1. The summed E-state index contributed by atoms with van der Waals surface area (Å²) in [6.07, 6.45) is 5.97. The second-order valence-electron chi connectivity index (χ2n) is 10.5. The van der Waals surface area contributed by atoms with Crippen molar-refractivity contribution in [1.82, 2.24) is 20.9 Å². The number of nitrogens with zero attached hydrogens (tertiary/aromatic N) is 1. The number of carboxylic acid groups (broad SMARTS) is 1. The van der Waals surface area contributed by atoms with E-state index in [0.29, 0.717) is 24.9 Å². The summed E-state index contributed by atoms with van der Waals surface area (Å²) in [7, 11) is 0. The number of rotatable bonds is 13. The van der Waals surface area contributed by atoms with E-state index < -0.39 is 24.0 Å². The third-order valence-corrected chi connectivity index (χ3v) is 6.78. The predicted octanol–water partition coefficient (Wildman–Crippen LogP) is 3.57. The lowest BCUT2D eigenvalue weighted by Gasteiger charge is -2.24. The Morgan fingerprint density at radius 2 is 1.82 bits per heavy atom. The topological polar surface area (TPSA) is 183 Å². The number of amides is 2. The van der Waals surface area contributed by atoms with E-state index in [4.69, 9.17) is 15.6 Å². The van der Waals surface area contributed by atoms with Crippen LogP contribution in [0.3, 0.4) is 0 Å². The van der Waals surface area contributed by atoms with Gasteiger partial charge < -0.3 is 31.2 Å². The molecule has 0 spiro atoms. The van der Waals surface area contributed by atoms with E-state index in [-0.39, 0.29) is 47.5 Å². The van der Waals surface area contributed by atoms with Crippen LogP contribution in [0, 0.1) is 17.2 Å². The van der Waals surface area contributed by atoms with Crippen molar-refractivity contribution in [2.45, 2.75) is 77.3 Å². The van der Waals surface area contributed by atoms with Gasteiger partial charge >= 0.3 is 5.97 Å². The summed E-state index contributed by atoms with van der Waals surface area (Å²) in [6.45, 7) is 4.37. The minimum Gasteiger partial charge on any atom is -0.480 e. The summed E-state index contributed by atoms with van der Waals surface area (Å²) in [5.41, 5.74) is 5.84. The van der Waals surface area contributed by atoms with Gasteiger partial charge in [-0.25, -0.2) is 9.78 Å². The number of guanidine groups is 1. The first-order chi connectivity index (χ1) is 18.7. The number of carboxylic acids is 1. The van der Waals surface area contributed by atoms with Gasteiger partial charge in [-0.15, -0.1) is 0 Å². The van der Waals surface area contributed by atoms with Gasteiger partial charge in [0.25, 0.3) is 5.91 Å². The van der Waals surface area contributed by atoms with Crippen molar-refractivity contribution in [1.29, 1.82) is 5.41 Å². The molecule has 1 unspecified atom stereocenters. The van der Waals surface area contributed by atoms with Crippen molar-refractivity contribution < 1.29 is 23.9 Å². The summed E-state index contributed by atoms with van der Waals surface area (Å²) in [6, 6.07) is 7.30. The van der Waals surface area contributed by atoms with Crippen LogP contribution in [0.2, 0.25) is 0 Å². The number of hydrogen-bond donors (Lipinski definition) is 6. The molecule has 7 N–H and O–H groups in total.